The van der Waals surface area contributed by atoms with Crippen molar-refractivity contribution in [2.45, 2.75) is 6.54 Å². The van der Waals surface area contributed by atoms with Crippen molar-refractivity contribution in [1.82, 2.24) is 0 Å². The van der Waals surface area contributed by atoms with Crippen LogP contribution in [0.5, 0.6) is 5.75 Å². The first-order valence-electron chi connectivity index (χ1n) is 7.08. The fourth-order valence-electron chi connectivity index (χ4n) is 2.20. The summed E-state index contributed by atoms with van der Waals surface area (Å²) in [5.74, 6) is 1.87. The maximum atomic E-state index is 12.9. The second-order valence-corrected chi connectivity index (χ2v) is 5.38. The SMILES string of the molecule is COc1ccc(-c2ccc(CNc3ccc(F)cc3)o2)cc1Cl. The van der Waals surface area contributed by atoms with Gasteiger partial charge in [0.1, 0.15) is 23.1 Å². The lowest BCUT2D eigenvalue weighted by atomic mass is 10.2. The molecule has 3 nitrogen and oxygen atoms in total. The number of benzene rings is 2. The van der Waals surface area contributed by atoms with Crippen LogP contribution in [-0.4, -0.2) is 7.11 Å². The van der Waals surface area contributed by atoms with Crippen molar-refractivity contribution in [3.8, 4) is 17.1 Å². The lowest BCUT2D eigenvalue weighted by molar-refractivity contribution is 0.415. The van der Waals surface area contributed by atoms with Gasteiger partial charge in [0.2, 0.25) is 0 Å². The van der Waals surface area contributed by atoms with Gasteiger partial charge in [-0.1, -0.05) is 11.6 Å². The van der Waals surface area contributed by atoms with E-state index in [9.17, 15) is 4.39 Å². The van der Waals surface area contributed by atoms with E-state index in [0.29, 0.717) is 17.3 Å². The molecule has 0 bridgehead atoms. The third kappa shape index (κ3) is 3.66. The summed E-state index contributed by atoms with van der Waals surface area (Å²) in [4.78, 5) is 0. The molecule has 0 aliphatic heterocycles. The Kier molecular flexibility index (Phi) is 4.53. The van der Waals surface area contributed by atoms with E-state index in [0.717, 1.165) is 22.8 Å². The predicted molar refractivity (Wildman–Crippen MR) is 89.4 cm³/mol. The fourth-order valence-corrected chi connectivity index (χ4v) is 2.46. The predicted octanol–water partition coefficient (Wildman–Crippen LogP) is 5.36. The van der Waals surface area contributed by atoms with Crippen LogP contribution in [0.25, 0.3) is 11.3 Å². The van der Waals surface area contributed by atoms with Gasteiger partial charge in [-0.2, -0.15) is 0 Å². The van der Waals surface area contributed by atoms with Crippen molar-refractivity contribution in [3.63, 3.8) is 0 Å². The standard InChI is InChI=1S/C18H15ClFNO2/c1-22-18-8-2-12(10-16(18)19)17-9-7-15(23-17)11-21-14-5-3-13(20)4-6-14/h2-10,21H,11H2,1H3. The molecule has 0 saturated heterocycles. The van der Waals surface area contributed by atoms with Crippen LogP contribution < -0.4 is 10.1 Å². The number of hydrogen-bond donors (Lipinski definition) is 1. The average molecular weight is 332 g/mol. The van der Waals surface area contributed by atoms with E-state index in [1.807, 2.05) is 18.2 Å². The van der Waals surface area contributed by atoms with Gasteiger partial charge in [0, 0.05) is 11.3 Å². The van der Waals surface area contributed by atoms with E-state index < -0.39 is 0 Å². The molecule has 0 spiro atoms. The van der Waals surface area contributed by atoms with Crippen molar-refractivity contribution >= 4 is 17.3 Å². The first-order valence-corrected chi connectivity index (χ1v) is 7.45. The van der Waals surface area contributed by atoms with Crippen LogP contribution in [0.2, 0.25) is 5.02 Å². The minimum atomic E-state index is -0.257. The molecule has 0 unspecified atom stereocenters. The molecule has 1 heterocycles. The molecule has 23 heavy (non-hydrogen) atoms. The van der Waals surface area contributed by atoms with Gasteiger partial charge in [0.15, 0.2) is 0 Å². The van der Waals surface area contributed by atoms with Gasteiger partial charge in [-0.05, 0) is 54.6 Å². The highest BCUT2D eigenvalue weighted by atomic mass is 35.5. The molecule has 5 heteroatoms. The second kappa shape index (κ2) is 6.75. The molecule has 2 aromatic carbocycles. The van der Waals surface area contributed by atoms with Gasteiger partial charge >= 0.3 is 0 Å². The number of rotatable bonds is 5. The smallest absolute Gasteiger partial charge is 0.137 e. The molecular formula is C18H15ClFNO2. The Balaban J connectivity index is 1.70. The molecule has 1 aromatic heterocycles. The van der Waals surface area contributed by atoms with Crippen molar-refractivity contribution in [2.75, 3.05) is 12.4 Å². The van der Waals surface area contributed by atoms with Crippen molar-refractivity contribution in [3.05, 3.63) is 71.2 Å². The molecule has 0 saturated carbocycles. The Bertz CT molecular complexity index is 799. The Hall–Kier alpha value is -2.46. The van der Waals surface area contributed by atoms with Crippen LogP contribution >= 0.6 is 11.6 Å². The van der Waals surface area contributed by atoms with Crippen LogP contribution in [0.15, 0.2) is 59.0 Å². The normalized spacial score (nSPS) is 10.6. The van der Waals surface area contributed by atoms with Crippen molar-refractivity contribution in [2.24, 2.45) is 0 Å². The monoisotopic (exact) mass is 331 g/mol. The Morgan fingerprint density at radius 2 is 1.87 bits per heavy atom. The zero-order valence-electron chi connectivity index (χ0n) is 12.5. The summed E-state index contributed by atoms with van der Waals surface area (Å²) in [7, 11) is 1.58. The van der Waals surface area contributed by atoms with Crippen LogP contribution in [-0.2, 0) is 6.54 Å². The van der Waals surface area contributed by atoms with Gasteiger partial charge in [-0.3, -0.25) is 0 Å². The van der Waals surface area contributed by atoms with Gasteiger partial charge in [-0.25, -0.2) is 4.39 Å². The minimum Gasteiger partial charge on any atom is -0.495 e. The van der Waals surface area contributed by atoms with E-state index >= 15 is 0 Å². The minimum absolute atomic E-state index is 0.257. The van der Waals surface area contributed by atoms with Crippen molar-refractivity contribution in [1.29, 1.82) is 0 Å². The number of anilines is 1. The van der Waals surface area contributed by atoms with E-state index in [-0.39, 0.29) is 5.82 Å². The Labute approximate surface area is 138 Å². The van der Waals surface area contributed by atoms with E-state index in [4.69, 9.17) is 20.8 Å². The molecule has 0 fully saturated rings. The highest BCUT2D eigenvalue weighted by Crippen LogP contribution is 2.31. The molecule has 1 N–H and O–H groups in total. The topological polar surface area (TPSA) is 34.4 Å². The first kappa shape index (κ1) is 15.4. The van der Waals surface area contributed by atoms with Gasteiger partial charge < -0.3 is 14.5 Å². The molecule has 0 aliphatic rings. The van der Waals surface area contributed by atoms with Crippen LogP contribution in [0.4, 0.5) is 10.1 Å². The summed E-state index contributed by atoms with van der Waals surface area (Å²) in [6.45, 7) is 0.509. The molecular weight excluding hydrogens is 317 g/mol. The summed E-state index contributed by atoms with van der Waals surface area (Å²) in [5, 5.41) is 3.71. The van der Waals surface area contributed by atoms with Crippen LogP contribution in [0, 0.1) is 5.82 Å². The highest BCUT2D eigenvalue weighted by Gasteiger charge is 2.08. The van der Waals surface area contributed by atoms with Gasteiger partial charge in [-0.15, -0.1) is 0 Å². The summed E-state index contributed by atoms with van der Waals surface area (Å²) < 4.78 is 23.8. The number of halogens is 2. The largest absolute Gasteiger partial charge is 0.495 e. The zero-order chi connectivity index (χ0) is 16.2. The van der Waals surface area contributed by atoms with Crippen LogP contribution in [0.3, 0.4) is 0 Å². The van der Waals surface area contributed by atoms with Gasteiger partial charge in [0.25, 0.3) is 0 Å². The lowest BCUT2D eigenvalue weighted by Gasteiger charge is -2.05. The molecule has 0 radical (unpaired) electrons. The van der Waals surface area contributed by atoms with Crippen LogP contribution in [0.1, 0.15) is 5.76 Å². The summed E-state index contributed by atoms with van der Waals surface area (Å²) in [6.07, 6.45) is 0. The number of hydrogen-bond acceptors (Lipinski definition) is 3. The maximum absolute atomic E-state index is 12.9. The van der Waals surface area contributed by atoms with E-state index in [1.54, 1.807) is 31.4 Å². The highest BCUT2D eigenvalue weighted by molar-refractivity contribution is 6.32. The third-order valence-electron chi connectivity index (χ3n) is 3.41. The van der Waals surface area contributed by atoms with E-state index in [2.05, 4.69) is 5.32 Å². The summed E-state index contributed by atoms with van der Waals surface area (Å²) >= 11 is 6.13. The number of methoxy groups -OCH3 is 1. The molecule has 3 aromatic rings. The Morgan fingerprint density at radius 3 is 2.57 bits per heavy atom. The fraction of sp³-hybridized carbons (Fsp3) is 0.111. The first-order chi connectivity index (χ1) is 11.2. The molecule has 3 rings (SSSR count). The second-order valence-electron chi connectivity index (χ2n) is 4.98. The Morgan fingerprint density at radius 1 is 1.09 bits per heavy atom. The number of furan rings is 1. The summed E-state index contributed by atoms with van der Waals surface area (Å²) in [5.41, 5.74) is 1.71. The average Bonchev–Trinajstić information content (AvgIpc) is 3.03. The molecule has 118 valence electrons. The van der Waals surface area contributed by atoms with Gasteiger partial charge in [0.05, 0.1) is 18.7 Å². The summed E-state index contributed by atoms with van der Waals surface area (Å²) in [6, 6.07) is 15.5. The molecule has 0 amide bonds. The van der Waals surface area contributed by atoms with E-state index in [1.165, 1.54) is 12.1 Å². The number of nitrogens with one attached hydrogen (secondary N) is 1. The molecule has 0 aliphatic carbocycles. The zero-order valence-corrected chi connectivity index (χ0v) is 13.2. The molecule has 0 atom stereocenters. The lowest BCUT2D eigenvalue weighted by Crippen LogP contribution is -1.97. The third-order valence-corrected chi connectivity index (χ3v) is 3.70. The quantitative estimate of drug-likeness (QED) is 0.683. The maximum Gasteiger partial charge on any atom is 0.137 e. The van der Waals surface area contributed by atoms with Crippen molar-refractivity contribution < 1.29 is 13.5 Å². The number of ether oxygens (including phenoxy) is 1.